The highest BCUT2D eigenvalue weighted by atomic mass is 16.5. The minimum atomic E-state index is 0.00304. The monoisotopic (exact) mass is 423 g/mol. The third-order valence-corrected chi connectivity index (χ3v) is 6.00. The Morgan fingerprint density at radius 3 is 2.53 bits per heavy atom. The summed E-state index contributed by atoms with van der Waals surface area (Å²) in [6.45, 7) is 3.48. The Morgan fingerprint density at radius 1 is 1.03 bits per heavy atom. The van der Waals surface area contributed by atoms with Gasteiger partial charge in [0.05, 0.1) is 12.6 Å². The summed E-state index contributed by atoms with van der Waals surface area (Å²) in [7, 11) is 1.67. The third-order valence-electron chi connectivity index (χ3n) is 6.00. The van der Waals surface area contributed by atoms with Crippen molar-refractivity contribution in [1.29, 1.82) is 0 Å². The molecule has 1 amide bonds. The molecule has 0 bridgehead atoms. The summed E-state index contributed by atoms with van der Waals surface area (Å²) in [5, 5.41) is 1.12. The number of hydrogen-bond donors (Lipinski definition) is 0. The number of para-hydroxylation sites is 1. The molecule has 2 heterocycles. The van der Waals surface area contributed by atoms with Crippen molar-refractivity contribution in [1.82, 2.24) is 4.98 Å². The van der Waals surface area contributed by atoms with Gasteiger partial charge in [-0.3, -0.25) is 4.79 Å². The molecule has 0 unspecified atom stereocenters. The van der Waals surface area contributed by atoms with Gasteiger partial charge in [0, 0.05) is 41.5 Å². The molecule has 5 nitrogen and oxygen atoms in total. The molecule has 0 atom stereocenters. The van der Waals surface area contributed by atoms with Gasteiger partial charge in [0.15, 0.2) is 0 Å². The molecule has 5 heteroatoms. The van der Waals surface area contributed by atoms with Gasteiger partial charge in [-0.15, -0.1) is 0 Å². The van der Waals surface area contributed by atoms with Gasteiger partial charge in [-0.25, -0.2) is 4.98 Å². The molecular weight excluding hydrogens is 398 g/mol. The number of hydrogen-bond acceptors (Lipinski definition) is 4. The predicted molar refractivity (Wildman–Crippen MR) is 129 cm³/mol. The molecule has 0 saturated heterocycles. The van der Waals surface area contributed by atoms with Crippen molar-refractivity contribution >= 4 is 34.0 Å². The number of nitrogens with zero attached hydrogens (tertiary/aromatic N) is 3. The van der Waals surface area contributed by atoms with Crippen molar-refractivity contribution in [3.63, 3.8) is 0 Å². The largest absolute Gasteiger partial charge is 0.497 e. The number of pyridine rings is 1. The van der Waals surface area contributed by atoms with Crippen LogP contribution in [-0.2, 0) is 6.42 Å². The zero-order chi connectivity index (χ0) is 22.1. The van der Waals surface area contributed by atoms with Crippen LogP contribution in [0.3, 0.4) is 0 Å². The van der Waals surface area contributed by atoms with Crippen molar-refractivity contribution < 1.29 is 9.53 Å². The summed E-state index contributed by atoms with van der Waals surface area (Å²) in [6, 6.07) is 25.8. The van der Waals surface area contributed by atoms with Gasteiger partial charge in [0.2, 0.25) is 0 Å². The first-order valence-electron chi connectivity index (χ1n) is 10.9. The van der Waals surface area contributed by atoms with Crippen molar-refractivity contribution in [2.75, 3.05) is 30.0 Å². The van der Waals surface area contributed by atoms with Crippen molar-refractivity contribution in [2.24, 2.45) is 0 Å². The minimum absolute atomic E-state index is 0.00304. The maximum absolute atomic E-state index is 13.1. The van der Waals surface area contributed by atoms with Gasteiger partial charge < -0.3 is 14.5 Å². The van der Waals surface area contributed by atoms with Crippen LogP contribution < -0.4 is 14.5 Å². The molecule has 1 aliphatic heterocycles. The molecule has 0 N–H and O–H groups in total. The van der Waals surface area contributed by atoms with E-state index in [4.69, 9.17) is 9.72 Å². The number of rotatable bonds is 5. The second-order valence-electron chi connectivity index (χ2n) is 7.86. The van der Waals surface area contributed by atoms with E-state index in [0.29, 0.717) is 12.1 Å². The number of carbonyl (C=O) groups excluding carboxylic acids is 1. The number of ether oxygens (including phenoxy) is 1. The zero-order valence-corrected chi connectivity index (χ0v) is 18.3. The van der Waals surface area contributed by atoms with Crippen LogP contribution in [0.1, 0.15) is 22.8 Å². The highest BCUT2D eigenvalue weighted by molar-refractivity contribution is 6.06. The molecule has 0 radical (unpaired) electrons. The maximum Gasteiger partial charge on any atom is 0.258 e. The Hall–Kier alpha value is -3.86. The lowest BCUT2D eigenvalue weighted by molar-refractivity contribution is 0.0988. The smallest absolute Gasteiger partial charge is 0.258 e. The third kappa shape index (κ3) is 3.56. The number of methoxy groups -OCH3 is 1. The van der Waals surface area contributed by atoms with Gasteiger partial charge >= 0.3 is 0 Å². The first-order valence-corrected chi connectivity index (χ1v) is 10.9. The van der Waals surface area contributed by atoms with E-state index in [0.717, 1.165) is 46.8 Å². The van der Waals surface area contributed by atoms with Gasteiger partial charge in [0.1, 0.15) is 11.6 Å². The van der Waals surface area contributed by atoms with Gasteiger partial charge in [0.25, 0.3) is 5.91 Å². The first kappa shape index (κ1) is 20.1. The molecule has 1 aromatic heterocycles. The van der Waals surface area contributed by atoms with Crippen LogP contribution in [0.25, 0.3) is 10.9 Å². The average molecular weight is 424 g/mol. The number of carbonyl (C=O) groups is 1. The minimum Gasteiger partial charge on any atom is -0.497 e. The van der Waals surface area contributed by atoms with E-state index in [2.05, 4.69) is 17.0 Å². The van der Waals surface area contributed by atoms with E-state index in [1.54, 1.807) is 12.0 Å². The molecule has 0 fully saturated rings. The second-order valence-corrected chi connectivity index (χ2v) is 7.86. The van der Waals surface area contributed by atoms with E-state index in [9.17, 15) is 4.79 Å². The van der Waals surface area contributed by atoms with Crippen molar-refractivity contribution in [3.8, 4) is 5.75 Å². The van der Waals surface area contributed by atoms with Crippen LogP contribution in [0, 0.1) is 0 Å². The Kier molecular flexibility index (Phi) is 5.23. The molecule has 0 spiro atoms. The summed E-state index contributed by atoms with van der Waals surface area (Å²) in [4.78, 5) is 22.0. The first-order chi connectivity index (χ1) is 15.7. The Balaban J connectivity index is 1.43. The van der Waals surface area contributed by atoms with Crippen LogP contribution in [0.2, 0.25) is 0 Å². The van der Waals surface area contributed by atoms with Crippen molar-refractivity contribution in [3.05, 3.63) is 90.0 Å². The molecule has 0 saturated carbocycles. The summed E-state index contributed by atoms with van der Waals surface area (Å²) >= 11 is 0. The highest BCUT2D eigenvalue weighted by Crippen LogP contribution is 2.35. The SMILES string of the molecule is CCN(C(=O)c1ccc(N2CCc3cc4ccc(OC)cc4nc32)cc1)c1ccccc1. The fourth-order valence-electron chi connectivity index (χ4n) is 4.31. The Bertz CT molecular complexity index is 1270. The Morgan fingerprint density at radius 2 is 1.81 bits per heavy atom. The molecule has 32 heavy (non-hydrogen) atoms. The van der Waals surface area contributed by atoms with Crippen LogP contribution in [-0.4, -0.2) is 31.1 Å². The number of anilines is 3. The van der Waals surface area contributed by atoms with Gasteiger partial charge in [-0.2, -0.15) is 0 Å². The highest BCUT2D eigenvalue weighted by Gasteiger charge is 2.23. The maximum atomic E-state index is 13.1. The lowest BCUT2D eigenvalue weighted by Gasteiger charge is -2.22. The molecule has 4 aromatic rings. The standard InChI is InChI=1S/C27H25N3O2/c1-3-29(22-7-5-4-6-8-22)27(31)19-9-12-23(13-10-19)30-16-15-21-17-20-11-14-24(32-2)18-25(20)28-26(21)30/h4-14,17-18H,3,15-16H2,1-2H3. The molecule has 1 aliphatic rings. The van der Waals surface area contributed by atoms with Crippen LogP contribution in [0.5, 0.6) is 5.75 Å². The van der Waals surface area contributed by atoms with E-state index in [1.165, 1.54) is 5.56 Å². The number of fused-ring (bicyclic) bond motifs is 2. The molecule has 0 aliphatic carbocycles. The molecule has 3 aromatic carbocycles. The lowest BCUT2D eigenvalue weighted by atomic mass is 10.1. The van der Waals surface area contributed by atoms with Gasteiger partial charge in [-0.05, 0) is 73.5 Å². The zero-order valence-electron chi connectivity index (χ0n) is 18.3. The fraction of sp³-hybridized carbons (Fsp3) is 0.185. The van der Waals surface area contributed by atoms with E-state index in [1.807, 2.05) is 73.7 Å². The Labute approximate surface area is 187 Å². The van der Waals surface area contributed by atoms with Crippen LogP contribution >= 0.6 is 0 Å². The number of benzene rings is 3. The summed E-state index contributed by atoms with van der Waals surface area (Å²) in [5.41, 5.74) is 4.78. The molecule has 160 valence electrons. The van der Waals surface area contributed by atoms with E-state index >= 15 is 0 Å². The molecular formula is C27H25N3O2. The lowest BCUT2D eigenvalue weighted by Crippen LogP contribution is -2.30. The van der Waals surface area contributed by atoms with Crippen LogP contribution in [0.15, 0.2) is 78.9 Å². The second kappa shape index (κ2) is 8.35. The van der Waals surface area contributed by atoms with Crippen molar-refractivity contribution in [2.45, 2.75) is 13.3 Å². The average Bonchev–Trinajstić information content (AvgIpc) is 3.26. The van der Waals surface area contributed by atoms with Gasteiger partial charge in [-0.1, -0.05) is 18.2 Å². The number of aromatic nitrogens is 1. The predicted octanol–water partition coefficient (Wildman–Crippen LogP) is 5.60. The van der Waals surface area contributed by atoms with Crippen LogP contribution in [0.4, 0.5) is 17.2 Å². The summed E-state index contributed by atoms with van der Waals surface area (Å²) in [6.07, 6.45) is 0.947. The topological polar surface area (TPSA) is 45.7 Å². The normalized spacial score (nSPS) is 12.6. The van der Waals surface area contributed by atoms with E-state index in [-0.39, 0.29) is 5.91 Å². The number of amides is 1. The fourth-order valence-corrected chi connectivity index (χ4v) is 4.31. The quantitative estimate of drug-likeness (QED) is 0.419. The van der Waals surface area contributed by atoms with E-state index < -0.39 is 0 Å². The summed E-state index contributed by atoms with van der Waals surface area (Å²) in [5.74, 6) is 1.78. The molecule has 5 rings (SSSR count). The summed E-state index contributed by atoms with van der Waals surface area (Å²) < 4.78 is 5.36.